The minimum Gasteiger partial charge on any atom is -0.493 e. The Morgan fingerprint density at radius 2 is 1.39 bits per heavy atom. The summed E-state index contributed by atoms with van der Waals surface area (Å²) in [6.07, 6.45) is 0.220. The van der Waals surface area contributed by atoms with Crippen LogP contribution >= 0.6 is 7.60 Å². The van der Waals surface area contributed by atoms with Crippen LogP contribution in [0.3, 0.4) is 0 Å². The van der Waals surface area contributed by atoms with Gasteiger partial charge in [0, 0.05) is 12.1 Å². The summed E-state index contributed by atoms with van der Waals surface area (Å²) >= 11 is 0. The Labute approximate surface area is 163 Å². The van der Waals surface area contributed by atoms with Crippen LogP contribution in [0.4, 0.5) is 0 Å². The minimum atomic E-state index is -3.14. The number of fused-ring (bicyclic) bond motifs is 1. The van der Waals surface area contributed by atoms with Gasteiger partial charge in [-0.25, -0.2) is 0 Å². The van der Waals surface area contributed by atoms with E-state index < -0.39 is 7.60 Å². The second kappa shape index (κ2) is 8.73. The van der Waals surface area contributed by atoms with Gasteiger partial charge in [-0.15, -0.1) is 10.2 Å². The molecule has 0 radical (unpaired) electrons. The van der Waals surface area contributed by atoms with Gasteiger partial charge in [0.25, 0.3) is 0 Å². The molecule has 0 saturated heterocycles. The molecule has 0 N–H and O–H groups in total. The van der Waals surface area contributed by atoms with Crippen molar-refractivity contribution in [2.75, 3.05) is 27.4 Å². The molecule has 0 aliphatic carbocycles. The van der Waals surface area contributed by atoms with Crippen molar-refractivity contribution in [1.82, 2.24) is 15.0 Å². The lowest BCUT2D eigenvalue weighted by molar-refractivity contribution is 0.219. The number of aromatic nitrogens is 3. The van der Waals surface area contributed by atoms with E-state index in [1.165, 1.54) is 4.80 Å². The summed E-state index contributed by atoms with van der Waals surface area (Å²) in [4.78, 5) is 1.54. The molecule has 0 fully saturated rings. The molecular formula is C19H24N3O5P. The molecule has 3 aromatic rings. The Morgan fingerprint density at radius 1 is 0.893 bits per heavy atom. The quantitative estimate of drug-likeness (QED) is 0.493. The summed E-state index contributed by atoms with van der Waals surface area (Å²) in [5, 5.41) is 8.99. The highest BCUT2D eigenvalue weighted by Gasteiger charge is 2.24. The Hall–Kier alpha value is -2.41. The first kappa shape index (κ1) is 20.3. The van der Waals surface area contributed by atoms with E-state index >= 15 is 0 Å². The summed E-state index contributed by atoms with van der Waals surface area (Å²) in [5.41, 5.74) is 3.02. The summed E-state index contributed by atoms with van der Waals surface area (Å²) < 4.78 is 34.0. The van der Waals surface area contributed by atoms with Crippen LogP contribution in [0.15, 0.2) is 36.4 Å². The standard InChI is InChI=1S/C19H24N3O5P/c1-5-26-28(23,27-6-2)13-14-7-9-15(10-8-14)22-20-16-11-18(24-3)19(25-4)12-17(16)21-22/h7-12H,5-6,13H2,1-4H3. The van der Waals surface area contributed by atoms with Crippen molar-refractivity contribution in [1.29, 1.82) is 0 Å². The second-order valence-corrected chi connectivity index (χ2v) is 8.01. The summed E-state index contributed by atoms with van der Waals surface area (Å²) in [6, 6.07) is 11.0. The van der Waals surface area contributed by atoms with E-state index in [-0.39, 0.29) is 6.16 Å². The third kappa shape index (κ3) is 4.35. The SMILES string of the molecule is CCOP(=O)(Cc1ccc(-n2nc3cc(OC)c(OC)cc3n2)cc1)OCC. The average molecular weight is 405 g/mol. The zero-order chi connectivity index (χ0) is 20.1. The van der Waals surface area contributed by atoms with Gasteiger partial charge >= 0.3 is 7.60 Å². The zero-order valence-electron chi connectivity index (χ0n) is 16.4. The molecule has 0 aliphatic rings. The van der Waals surface area contributed by atoms with Crippen LogP contribution in [-0.4, -0.2) is 42.4 Å². The second-order valence-electron chi connectivity index (χ2n) is 5.96. The number of hydrogen-bond acceptors (Lipinski definition) is 7. The predicted octanol–water partition coefficient (Wildman–Crippen LogP) is 4.20. The largest absolute Gasteiger partial charge is 0.493 e. The molecule has 1 heterocycles. The van der Waals surface area contributed by atoms with E-state index in [2.05, 4.69) is 10.2 Å². The van der Waals surface area contributed by atoms with Crippen LogP contribution in [0.2, 0.25) is 0 Å². The Morgan fingerprint density at radius 3 is 1.82 bits per heavy atom. The number of methoxy groups -OCH3 is 2. The van der Waals surface area contributed by atoms with E-state index in [1.807, 2.05) is 24.3 Å². The third-order valence-corrected chi connectivity index (χ3v) is 6.14. The van der Waals surface area contributed by atoms with E-state index in [1.54, 1.807) is 40.2 Å². The molecule has 1 aromatic heterocycles. The molecule has 0 saturated carbocycles. The molecule has 0 bridgehead atoms. The summed E-state index contributed by atoms with van der Waals surface area (Å²) in [5.74, 6) is 1.19. The number of rotatable bonds is 9. The maximum Gasteiger partial charge on any atom is 0.335 e. The van der Waals surface area contributed by atoms with Gasteiger partial charge in [-0.1, -0.05) is 12.1 Å². The van der Waals surface area contributed by atoms with Crippen LogP contribution in [0.1, 0.15) is 19.4 Å². The lowest BCUT2D eigenvalue weighted by Crippen LogP contribution is -2.01. The van der Waals surface area contributed by atoms with Crippen molar-refractivity contribution in [2.24, 2.45) is 0 Å². The van der Waals surface area contributed by atoms with Crippen molar-refractivity contribution in [3.05, 3.63) is 42.0 Å². The lowest BCUT2D eigenvalue weighted by atomic mass is 10.2. The highest BCUT2D eigenvalue weighted by Crippen LogP contribution is 2.51. The number of hydrogen-bond donors (Lipinski definition) is 0. The minimum absolute atomic E-state index is 0.220. The van der Waals surface area contributed by atoms with Crippen LogP contribution in [0, 0.1) is 0 Å². The molecule has 150 valence electrons. The number of benzene rings is 2. The van der Waals surface area contributed by atoms with Crippen LogP contribution in [0.25, 0.3) is 16.7 Å². The normalized spacial score (nSPS) is 11.7. The van der Waals surface area contributed by atoms with Crippen molar-refractivity contribution in [3.63, 3.8) is 0 Å². The van der Waals surface area contributed by atoms with Crippen LogP contribution < -0.4 is 9.47 Å². The Kier molecular flexibility index (Phi) is 6.34. The van der Waals surface area contributed by atoms with Crippen molar-refractivity contribution >= 4 is 18.6 Å². The van der Waals surface area contributed by atoms with Gasteiger partial charge in [0.1, 0.15) is 11.0 Å². The first-order valence-corrected chi connectivity index (χ1v) is 10.7. The highest BCUT2D eigenvalue weighted by atomic mass is 31.2. The molecule has 0 amide bonds. The molecule has 28 heavy (non-hydrogen) atoms. The van der Waals surface area contributed by atoms with Gasteiger partial charge in [-0.05, 0) is 31.5 Å². The van der Waals surface area contributed by atoms with Crippen LogP contribution in [0.5, 0.6) is 11.5 Å². The topological polar surface area (TPSA) is 84.7 Å². The fraction of sp³-hybridized carbons (Fsp3) is 0.368. The van der Waals surface area contributed by atoms with Gasteiger partial charge in [0.05, 0.1) is 39.3 Å². The maximum absolute atomic E-state index is 12.7. The smallest absolute Gasteiger partial charge is 0.335 e. The number of ether oxygens (including phenoxy) is 2. The predicted molar refractivity (Wildman–Crippen MR) is 107 cm³/mol. The Bertz CT molecular complexity index is 936. The summed E-state index contributed by atoms with van der Waals surface area (Å²) in [7, 11) is 0.0229. The highest BCUT2D eigenvalue weighted by molar-refractivity contribution is 7.53. The summed E-state index contributed by atoms with van der Waals surface area (Å²) in [6.45, 7) is 4.28. The van der Waals surface area contributed by atoms with E-state index in [0.29, 0.717) is 35.7 Å². The molecule has 0 spiro atoms. The lowest BCUT2D eigenvalue weighted by Gasteiger charge is -2.17. The number of nitrogens with zero attached hydrogens (tertiary/aromatic N) is 3. The van der Waals surface area contributed by atoms with E-state index in [0.717, 1.165) is 11.3 Å². The van der Waals surface area contributed by atoms with Gasteiger partial charge in [-0.3, -0.25) is 4.57 Å². The van der Waals surface area contributed by atoms with E-state index in [9.17, 15) is 4.57 Å². The van der Waals surface area contributed by atoms with Gasteiger partial charge in [-0.2, -0.15) is 4.80 Å². The van der Waals surface area contributed by atoms with Gasteiger partial charge in [0.15, 0.2) is 11.5 Å². The molecule has 2 aromatic carbocycles. The monoisotopic (exact) mass is 405 g/mol. The van der Waals surface area contributed by atoms with Crippen molar-refractivity contribution < 1.29 is 23.1 Å². The molecule has 0 atom stereocenters. The molecule has 0 unspecified atom stereocenters. The molecule has 3 rings (SSSR count). The zero-order valence-corrected chi connectivity index (χ0v) is 17.3. The van der Waals surface area contributed by atoms with Gasteiger partial charge in [0.2, 0.25) is 0 Å². The fourth-order valence-electron chi connectivity index (χ4n) is 2.84. The molecular weight excluding hydrogens is 381 g/mol. The first-order valence-electron chi connectivity index (χ1n) is 8.98. The van der Waals surface area contributed by atoms with Crippen molar-refractivity contribution in [3.8, 4) is 17.2 Å². The first-order chi connectivity index (χ1) is 13.5. The molecule has 8 nitrogen and oxygen atoms in total. The van der Waals surface area contributed by atoms with E-state index in [4.69, 9.17) is 18.5 Å². The average Bonchev–Trinajstić information content (AvgIpc) is 3.10. The molecule has 9 heteroatoms. The molecule has 0 aliphatic heterocycles. The van der Waals surface area contributed by atoms with Crippen molar-refractivity contribution in [2.45, 2.75) is 20.0 Å². The van der Waals surface area contributed by atoms with Crippen LogP contribution in [-0.2, 0) is 19.8 Å². The Balaban J connectivity index is 1.86. The fourth-order valence-corrected chi connectivity index (χ4v) is 4.54. The maximum atomic E-state index is 12.7. The van der Waals surface area contributed by atoms with Gasteiger partial charge < -0.3 is 18.5 Å². The third-order valence-electron chi connectivity index (χ3n) is 4.08.